The van der Waals surface area contributed by atoms with Gasteiger partial charge in [0.05, 0.1) is 6.04 Å². The molecular formula is C18H26N2O. The van der Waals surface area contributed by atoms with Crippen LogP contribution in [0.15, 0.2) is 30.3 Å². The Morgan fingerprint density at radius 2 is 1.81 bits per heavy atom. The average molecular weight is 286 g/mol. The van der Waals surface area contributed by atoms with Crippen molar-refractivity contribution in [3.8, 4) is 0 Å². The summed E-state index contributed by atoms with van der Waals surface area (Å²) < 4.78 is 0. The van der Waals surface area contributed by atoms with Gasteiger partial charge in [0, 0.05) is 19.1 Å². The van der Waals surface area contributed by atoms with Crippen LogP contribution in [0, 0.1) is 0 Å². The quantitative estimate of drug-likeness (QED) is 0.923. The molecule has 1 aliphatic carbocycles. The van der Waals surface area contributed by atoms with E-state index >= 15 is 0 Å². The molecule has 1 aromatic rings. The standard InChI is InChI=1S/C18H26N2O/c1-14(18(21)20-10-6-3-7-11-20)19-17-12-16(13-17)15-8-4-2-5-9-15/h2,4-5,8-9,14,16-17,19H,3,6-7,10-13H2,1H3. The summed E-state index contributed by atoms with van der Waals surface area (Å²) in [6, 6.07) is 11.2. The van der Waals surface area contributed by atoms with Gasteiger partial charge in [0.1, 0.15) is 0 Å². The minimum atomic E-state index is -0.0372. The van der Waals surface area contributed by atoms with Crippen molar-refractivity contribution >= 4 is 5.91 Å². The first kappa shape index (κ1) is 14.6. The highest BCUT2D eigenvalue weighted by molar-refractivity contribution is 5.81. The van der Waals surface area contributed by atoms with E-state index in [2.05, 4.69) is 35.6 Å². The van der Waals surface area contributed by atoms with Crippen molar-refractivity contribution in [1.29, 1.82) is 0 Å². The number of amides is 1. The molecule has 21 heavy (non-hydrogen) atoms. The van der Waals surface area contributed by atoms with Crippen molar-refractivity contribution in [2.75, 3.05) is 13.1 Å². The fraction of sp³-hybridized carbons (Fsp3) is 0.611. The zero-order chi connectivity index (χ0) is 14.7. The third-order valence-corrected chi connectivity index (χ3v) is 4.93. The first-order chi connectivity index (χ1) is 10.2. The maximum Gasteiger partial charge on any atom is 0.239 e. The van der Waals surface area contributed by atoms with E-state index in [0.29, 0.717) is 12.0 Å². The van der Waals surface area contributed by atoms with Gasteiger partial charge in [-0.3, -0.25) is 4.79 Å². The van der Waals surface area contributed by atoms with Gasteiger partial charge in [-0.05, 0) is 50.5 Å². The van der Waals surface area contributed by atoms with Gasteiger partial charge >= 0.3 is 0 Å². The molecule has 0 spiro atoms. The van der Waals surface area contributed by atoms with Gasteiger partial charge in [-0.15, -0.1) is 0 Å². The highest BCUT2D eigenvalue weighted by Crippen LogP contribution is 2.36. The molecule has 1 saturated heterocycles. The highest BCUT2D eigenvalue weighted by atomic mass is 16.2. The van der Waals surface area contributed by atoms with E-state index in [1.807, 2.05) is 11.8 Å². The number of benzene rings is 1. The minimum Gasteiger partial charge on any atom is -0.341 e. The van der Waals surface area contributed by atoms with E-state index in [1.165, 1.54) is 12.0 Å². The summed E-state index contributed by atoms with van der Waals surface area (Å²) in [5, 5.41) is 3.52. The molecule has 2 aliphatic rings. The predicted octanol–water partition coefficient (Wildman–Crippen LogP) is 2.92. The maximum absolute atomic E-state index is 12.4. The third kappa shape index (κ3) is 3.46. The monoisotopic (exact) mass is 286 g/mol. The molecular weight excluding hydrogens is 260 g/mol. The van der Waals surface area contributed by atoms with Gasteiger partial charge in [-0.25, -0.2) is 0 Å². The van der Waals surface area contributed by atoms with Crippen LogP contribution in [0.3, 0.4) is 0 Å². The molecule has 1 aromatic carbocycles. The van der Waals surface area contributed by atoms with Gasteiger partial charge in [0.15, 0.2) is 0 Å². The summed E-state index contributed by atoms with van der Waals surface area (Å²) in [6.07, 6.45) is 5.91. The van der Waals surface area contributed by atoms with Crippen LogP contribution in [-0.2, 0) is 4.79 Å². The maximum atomic E-state index is 12.4. The Hall–Kier alpha value is -1.35. The number of nitrogens with zero attached hydrogens (tertiary/aromatic N) is 1. The second-order valence-corrected chi connectivity index (χ2v) is 6.55. The summed E-state index contributed by atoms with van der Waals surface area (Å²) in [6.45, 7) is 3.91. The molecule has 1 unspecified atom stereocenters. The van der Waals surface area contributed by atoms with Crippen LogP contribution in [0.1, 0.15) is 50.5 Å². The van der Waals surface area contributed by atoms with E-state index < -0.39 is 0 Å². The molecule has 0 bridgehead atoms. The second-order valence-electron chi connectivity index (χ2n) is 6.55. The Kier molecular flexibility index (Phi) is 4.59. The number of nitrogens with one attached hydrogen (secondary N) is 1. The summed E-state index contributed by atoms with van der Waals surface area (Å²) in [5.74, 6) is 0.957. The van der Waals surface area contributed by atoms with Gasteiger partial charge in [0.25, 0.3) is 0 Å². The third-order valence-electron chi connectivity index (χ3n) is 4.93. The average Bonchev–Trinajstić information content (AvgIpc) is 2.51. The molecule has 1 amide bonds. The van der Waals surface area contributed by atoms with Gasteiger partial charge in [-0.1, -0.05) is 30.3 Å². The summed E-state index contributed by atoms with van der Waals surface area (Å²) >= 11 is 0. The van der Waals surface area contributed by atoms with E-state index in [4.69, 9.17) is 0 Å². The first-order valence-corrected chi connectivity index (χ1v) is 8.34. The van der Waals surface area contributed by atoms with Crippen LogP contribution in [-0.4, -0.2) is 36.0 Å². The predicted molar refractivity (Wildman–Crippen MR) is 85.2 cm³/mol. The van der Waals surface area contributed by atoms with Crippen molar-refractivity contribution < 1.29 is 4.79 Å². The number of rotatable bonds is 4. The molecule has 114 valence electrons. The van der Waals surface area contributed by atoms with E-state index in [-0.39, 0.29) is 11.9 Å². The Balaban J connectivity index is 1.44. The van der Waals surface area contributed by atoms with Gasteiger partial charge < -0.3 is 10.2 Å². The van der Waals surface area contributed by atoms with Crippen molar-refractivity contribution in [3.63, 3.8) is 0 Å². The van der Waals surface area contributed by atoms with E-state index in [1.54, 1.807) is 0 Å². The molecule has 2 fully saturated rings. The fourth-order valence-corrected chi connectivity index (χ4v) is 3.56. The molecule has 1 atom stereocenters. The molecule has 0 aromatic heterocycles. The number of piperidine rings is 1. The number of carbonyl (C=O) groups is 1. The Bertz CT molecular complexity index is 461. The lowest BCUT2D eigenvalue weighted by Gasteiger charge is -2.39. The van der Waals surface area contributed by atoms with Crippen LogP contribution in [0.5, 0.6) is 0 Å². The molecule has 3 heteroatoms. The Labute approximate surface area is 127 Å². The van der Waals surface area contributed by atoms with Gasteiger partial charge in [0.2, 0.25) is 5.91 Å². The Morgan fingerprint density at radius 1 is 1.14 bits per heavy atom. The van der Waals surface area contributed by atoms with Crippen molar-refractivity contribution in [2.45, 2.75) is 57.0 Å². The second kappa shape index (κ2) is 6.61. The fourth-order valence-electron chi connectivity index (χ4n) is 3.56. The normalized spacial score (nSPS) is 27.0. The lowest BCUT2D eigenvalue weighted by molar-refractivity contribution is -0.134. The van der Waals surface area contributed by atoms with E-state index in [9.17, 15) is 4.79 Å². The van der Waals surface area contributed by atoms with Crippen LogP contribution >= 0.6 is 0 Å². The van der Waals surface area contributed by atoms with Crippen molar-refractivity contribution in [3.05, 3.63) is 35.9 Å². The lowest BCUT2D eigenvalue weighted by atomic mass is 9.75. The Morgan fingerprint density at radius 3 is 2.48 bits per heavy atom. The summed E-state index contributed by atoms with van der Waals surface area (Å²) in [4.78, 5) is 14.4. The first-order valence-electron chi connectivity index (χ1n) is 8.34. The summed E-state index contributed by atoms with van der Waals surface area (Å²) in [5.41, 5.74) is 1.44. The molecule has 1 heterocycles. The van der Waals surface area contributed by atoms with Crippen molar-refractivity contribution in [2.24, 2.45) is 0 Å². The molecule has 1 saturated carbocycles. The van der Waals surface area contributed by atoms with E-state index in [0.717, 1.165) is 38.8 Å². The SMILES string of the molecule is CC(NC1CC(c2ccccc2)C1)C(=O)N1CCCCC1. The van der Waals surface area contributed by atoms with Crippen LogP contribution < -0.4 is 5.32 Å². The largest absolute Gasteiger partial charge is 0.341 e. The number of hydrogen-bond acceptors (Lipinski definition) is 2. The zero-order valence-corrected chi connectivity index (χ0v) is 12.9. The van der Waals surface area contributed by atoms with Crippen LogP contribution in [0.2, 0.25) is 0 Å². The van der Waals surface area contributed by atoms with Crippen molar-refractivity contribution in [1.82, 2.24) is 10.2 Å². The van der Waals surface area contributed by atoms with Gasteiger partial charge in [-0.2, -0.15) is 0 Å². The summed E-state index contributed by atoms with van der Waals surface area (Å²) in [7, 11) is 0. The highest BCUT2D eigenvalue weighted by Gasteiger charge is 2.33. The minimum absolute atomic E-state index is 0.0372. The number of hydrogen-bond donors (Lipinski definition) is 1. The smallest absolute Gasteiger partial charge is 0.239 e. The molecule has 3 nitrogen and oxygen atoms in total. The lowest BCUT2D eigenvalue weighted by Crippen LogP contribution is -2.52. The number of likely N-dealkylation sites (tertiary alicyclic amines) is 1. The molecule has 1 N–H and O–H groups in total. The number of carbonyl (C=O) groups excluding carboxylic acids is 1. The molecule has 0 radical (unpaired) electrons. The molecule has 1 aliphatic heterocycles. The molecule has 3 rings (SSSR count). The zero-order valence-electron chi connectivity index (χ0n) is 12.9. The van der Waals surface area contributed by atoms with Crippen LogP contribution in [0.25, 0.3) is 0 Å². The van der Waals surface area contributed by atoms with Crippen LogP contribution in [0.4, 0.5) is 0 Å². The topological polar surface area (TPSA) is 32.3 Å².